The fourth-order valence-electron chi connectivity index (χ4n) is 1.58. The highest BCUT2D eigenvalue weighted by Gasteiger charge is 2.18. The number of phenols is 1. The molecule has 15 heavy (non-hydrogen) atoms. The first-order chi connectivity index (χ1) is 7.18. The van der Waals surface area contributed by atoms with Crippen molar-refractivity contribution in [1.29, 1.82) is 0 Å². The molecule has 1 aliphatic heterocycles. The van der Waals surface area contributed by atoms with Gasteiger partial charge >= 0.3 is 0 Å². The van der Waals surface area contributed by atoms with Crippen LogP contribution in [-0.2, 0) is 4.74 Å². The molecule has 82 valence electrons. The van der Waals surface area contributed by atoms with Gasteiger partial charge in [-0.15, -0.1) is 0 Å². The molecule has 0 aromatic heterocycles. The Morgan fingerprint density at radius 1 is 1.53 bits per heavy atom. The number of halogens is 2. The second kappa shape index (κ2) is 4.35. The van der Waals surface area contributed by atoms with Crippen LogP contribution in [0.2, 0.25) is 5.02 Å². The number of hydrogen-bond acceptors (Lipinski definition) is 3. The maximum absolute atomic E-state index is 13.0. The number of ether oxygens (including phenoxy) is 1. The van der Waals surface area contributed by atoms with Crippen molar-refractivity contribution in [2.24, 2.45) is 0 Å². The summed E-state index contributed by atoms with van der Waals surface area (Å²) in [6.45, 7) is 1.90. The molecular formula is C10H11ClFNO2. The molecule has 0 radical (unpaired) electrons. The van der Waals surface area contributed by atoms with E-state index in [-0.39, 0.29) is 11.1 Å². The smallest absolute Gasteiger partial charge is 0.183 e. The third-order valence-corrected chi connectivity index (χ3v) is 2.63. The van der Waals surface area contributed by atoms with E-state index >= 15 is 0 Å². The maximum atomic E-state index is 13.0. The zero-order valence-electron chi connectivity index (χ0n) is 7.96. The van der Waals surface area contributed by atoms with Crippen LogP contribution in [-0.4, -0.2) is 24.9 Å². The van der Waals surface area contributed by atoms with E-state index in [0.29, 0.717) is 13.2 Å². The molecule has 0 aliphatic carbocycles. The molecule has 0 saturated carbocycles. The lowest BCUT2D eigenvalue weighted by Gasteiger charge is -2.24. The van der Waals surface area contributed by atoms with Crippen LogP contribution in [0.4, 0.5) is 4.39 Å². The Labute approximate surface area is 91.8 Å². The molecule has 2 rings (SSSR count). The first-order valence-corrected chi connectivity index (χ1v) is 5.05. The van der Waals surface area contributed by atoms with Gasteiger partial charge in [-0.2, -0.15) is 0 Å². The standard InChI is InChI=1S/C10H11ClFNO2/c11-7-3-6(4-9(14)10(7)12)8-5-15-2-1-13-8/h3-4,8,13-14H,1-2,5H2. The summed E-state index contributed by atoms with van der Waals surface area (Å²) >= 11 is 5.63. The minimum Gasteiger partial charge on any atom is -0.505 e. The van der Waals surface area contributed by atoms with Crippen LogP contribution in [0.25, 0.3) is 0 Å². The molecule has 0 amide bonds. The largest absolute Gasteiger partial charge is 0.505 e. The fraction of sp³-hybridized carbons (Fsp3) is 0.400. The van der Waals surface area contributed by atoms with Gasteiger partial charge in [0.25, 0.3) is 0 Å². The van der Waals surface area contributed by atoms with Crippen molar-refractivity contribution >= 4 is 11.6 Å². The summed E-state index contributed by atoms with van der Waals surface area (Å²) in [5, 5.41) is 12.4. The van der Waals surface area contributed by atoms with Crippen molar-refractivity contribution in [3.63, 3.8) is 0 Å². The third kappa shape index (κ3) is 2.22. The van der Waals surface area contributed by atoms with Gasteiger partial charge in [-0.3, -0.25) is 0 Å². The predicted octanol–water partition coefficient (Wildman–Crippen LogP) is 1.85. The van der Waals surface area contributed by atoms with E-state index in [9.17, 15) is 9.50 Å². The molecule has 5 heteroatoms. The van der Waals surface area contributed by atoms with Crippen molar-refractivity contribution in [3.8, 4) is 5.75 Å². The van der Waals surface area contributed by atoms with Gasteiger partial charge in [-0.25, -0.2) is 4.39 Å². The normalized spacial score (nSPS) is 21.6. The summed E-state index contributed by atoms with van der Waals surface area (Å²) in [6, 6.07) is 2.83. The van der Waals surface area contributed by atoms with Gasteiger partial charge in [-0.1, -0.05) is 11.6 Å². The van der Waals surface area contributed by atoms with Gasteiger partial charge in [0.15, 0.2) is 11.6 Å². The molecule has 1 atom stereocenters. The maximum Gasteiger partial charge on any atom is 0.183 e. The zero-order chi connectivity index (χ0) is 10.8. The molecular weight excluding hydrogens is 221 g/mol. The van der Waals surface area contributed by atoms with E-state index in [2.05, 4.69) is 5.32 Å². The Bertz CT molecular complexity index is 343. The first kappa shape index (κ1) is 10.7. The van der Waals surface area contributed by atoms with Gasteiger partial charge in [0.2, 0.25) is 0 Å². The highest BCUT2D eigenvalue weighted by Crippen LogP contribution is 2.29. The van der Waals surface area contributed by atoms with Crippen LogP contribution >= 0.6 is 11.6 Å². The Balaban J connectivity index is 2.27. The highest BCUT2D eigenvalue weighted by molar-refractivity contribution is 6.31. The van der Waals surface area contributed by atoms with Gasteiger partial charge in [-0.05, 0) is 17.7 Å². The second-order valence-electron chi connectivity index (χ2n) is 3.42. The minimum absolute atomic E-state index is 0.0391. The second-order valence-corrected chi connectivity index (χ2v) is 3.82. The van der Waals surface area contributed by atoms with Crippen LogP contribution in [0.3, 0.4) is 0 Å². The molecule has 1 unspecified atom stereocenters. The van der Waals surface area contributed by atoms with Crippen molar-refractivity contribution < 1.29 is 14.2 Å². The fourth-order valence-corrected chi connectivity index (χ4v) is 1.80. The minimum atomic E-state index is -0.780. The summed E-state index contributed by atoms with van der Waals surface area (Å²) in [4.78, 5) is 0. The van der Waals surface area contributed by atoms with E-state index in [1.54, 1.807) is 0 Å². The third-order valence-electron chi connectivity index (χ3n) is 2.36. The molecule has 2 N–H and O–H groups in total. The topological polar surface area (TPSA) is 41.5 Å². The van der Waals surface area contributed by atoms with E-state index in [4.69, 9.17) is 16.3 Å². The first-order valence-electron chi connectivity index (χ1n) is 4.67. The van der Waals surface area contributed by atoms with Crippen LogP contribution in [0.15, 0.2) is 12.1 Å². The van der Waals surface area contributed by atoms with Crippen molar-refractivity contribution in [2.75, 3.05) is 19.8 Å². The van der Waals surface area contributed by atoms with Gasteiger partial charge < -0.3 is 15.2 Å². The highest BCUT2D eigenvalue weighted by atomic mass is 35.5. The Hall–Kier alpha value is -0.840. The molecule has 0 spiro atoms. The average Bonchev–Trinajstić information content (AvgIpc) is 2.26. The molecule has 1 aromatic rings. The summed E-state index contributed by atoms with van der Waals surface area (Å²) in [5.74, 6) is -1.21. The van der Waals surface area contributed by atoms with E-state index < -0.39 is 11.6 Å². The number of phenolic OH excluding ortho intramolecular Hbond substituents is 1. The quantitative estimate of drug-likeness (QED) is 0.775. The molecule has 1 saturated heterocycles. The Morgan fingerprint density at radius 2 is 2.33 bits per heavy atom. The molecule has 1 aliphatic rings. The van der Waals surface area contributed by atoms with Crippen LogP contribution in [0.5, 0.6) is 5.75 Å². The van der Waals surface area contributed by atoms with Crippen LogP contribution < -0.4 is 5.32 Å². The van der Waals surface area contributed by atoms with Gasteiger partial charge in [0.05, 0.1) is 24.3 Å². The Morgan fingerprint density at radius 3 is 2.93 bits per heavy atom. The molecule has 1 heterocycles. The van der Waals surface area contributed by atoms with Crippen molar-refractivity contribution in [1.82, 2.24) is 5.32 Å². The number of nitrogens with one attached hydrogen (secondary N) is 1. The lowest BCUT2D eigenvalue weighted by atomic mass is 10.1. The summed E-state index contributed by atoms with van der Waals surface area (Å²) in [6.07, 6.45) is 0. The van der Waals surface area contributed by atoms with Crippen molar-refractivity contribution in [2.45, 2.75) is 6.04 Å². The van der Waals surface area contributed by atoms with Crippen LogP contribution in [0, 0.1) is 5.82 Å². The van der Waals surface area contributed by atoms with Gasteiger partial charge in [0.1, 0.15) is 0 Å². The summed E-state index contributed by atoms with van der Waals surface area (Å²) < 4.78 is 18.3. The number of aromatic hydroxyl groups is 1. The summed E-state index contributed by atoms with van der Waals surface area (Å²) in [5.41, 5.74) is 0.735. The van der Waals surface area contributed by atoms with Crippen molar-refractivity contribution in [3.05, 3.63) is 28.5 Å². The molecule has 1 aromatic carbocycles. The lowest BCUT2D eigenvalue weighted by molar-refractivity contribution is 0.0768. The monoisotopic (exact) mass is 231 g/mol. The lowest BCUT2D eigenvalue weighted by Crippen LogP contribution is -2.34. The van der Waals surface area contributed by atoms with E-state index in [1.165, 1.54) is 12.1 Å². The molecule has 0 bridgehead atoms. The zero-order valence-corrected chi connectivity index (χ0v) is 8.72. The van der Waals surface area contributed by atoms with Crippen LogP contribution in [0.1, 0.15) is 11.6 Å². The average molecular weight is 232 g/mol. The van der Waals surface area contributed by atoms with E-state index in [1.807, 2.05) is 0 Å². The number of benzene rings is 1. The predicted molar refractivity (Wildman–Crippen MR) is 54.6 cm³/mol. The number of hydrogen-bond donors (Lipinski definition) is 2. The summed E-state index contributed by atoms with van der Waals surface area (Å²) in [7, 11) is 0. The number of rotatable bonds is 1. The molecule has 1 fully saturated rings. The number of morpholine rings is 1. The Kier molecular flexibility index (Phi) is 3.09. The van der Waals surface area contributed by atoms with E-state index in [0.717, 1.165) is 12.1 Å². The molecule has 3 nitrogen and oxygen atoms in total. The van der Waals surface area contributed by atoms with Gasteiger partial charge in [0, 0.05) is 6.54 Å². The SMILES string of the molecule is Oc1cc(C2COCCN2)cc(Cl)c1F.